The van der Waals surface area contributed by atoms with Gasteiger partial charge in [0.25, 0.3) is 5.91 Å². The molecule has 1 amide bonds. The molecule has 3 nitrogen and oxygen atoms in total. The fraction of sp³-hybridized carbons (Fsp3) is 0.350. The highest BCUT2D eigenvalue weighted by Crippen LogP contribution is 2.26. The number of ether oxygens (including phenoxy) is 1. The molecule has 24 heavy (non-hydrogen) atoms. The number of rotatable bonds is 4. The molecule has 4 heteroatoms. The Morgan fingerprint density at radius 3 is 2.71 bits per heavy atom. The normalized spacial score (nSPS) is 14.6. The molecule has 126 valence electrons. The van der Waals surface area contributed by atoms with Crippen molar-refractivity contribution in [1.29, 1.82) is 0 Å². The van der Waals surface area contributed by atoms with E-state index in [1.54, 1.807) is 13.0 Å². The van der Waals surface area contributed by atoms with Gasteiger partial charge in [0.1, 0.15) is 5.75 Å². The van der Waals surface area contributed by atoms with Crippen molar-refractivity contribution < 1.29 is 9.53 Å². The van der Waals surface area contributed by atoms with Crippen LogP contribution in [0.4, 0.5) is 5.69 Å². The van der Waals surface area contributed by atoms with Gasteiger partial charge in [-0.3, -0.25) is 4.79 Å². The Morgan fingerprint density at radius 2 is 1.92 bits per heavy atom. The summed E-state index contributed by atoms with van der Waals surface area (Å²) in [5.74, 6) is 0.569. The van der Waals surface area contributed by atoms with E-state index in [0.29, 0.717) is 10.7 Å². The van der Waals surface area contributed by atoms with Crippen LogP contribution >= 0.6 is 11.6 Å². The first kappa shape index (κ1) is 16.8. The first-order valence-corrected chi connectivity index (χ1v) is 8.77. The summed E-state index contributed by atoms with van der Waals surface area (Å²) in [6, 6.07) is 11.6. The molecule has 0 spiro atoms. The minimum Gasteiger partial charge on any atom is -0.481 e. The highest BCUT2D eigenvalue weighted by atomic mass is 35.5. The van der Waals surface area contributed by atoms with Crippen LogP contribution in [0.25, 0.3) is 0 Å². The van der Waals surface area contributed by atoms with E-state index in [1.807, 2.05) is 25.1 Å². The highest BCUT2D eigenvalue weighted by molar-refractivity contribution is 6.31. The largest absolute Gasteiger partial charge is 0.481 e. The lowest BCUT2D eigenvalue weighted by molar-refractivity contribution is -0.122. The Kier molecular flexibility index (Phi) is 5.10. The molecule has 0 aromatic heterocycles. The quantitative estimate of drug-likeness (QED) is 0.854. The molecule has 1 atom stereocenters. The lowest BCUT2D eigenvalue weighted by Crippen LogP contribution is -2.30. The predicted octanol–water partition coefficient (Wildman–Crippen LogP) is 4.93. The predicted molar refractivity (Wildman–Crippen MR) is 98.0 cm³/mol. The van der Waals surface area contributed by atoms with Crippen molar-refractivity contribution >= 4 is 23.2 Å². The van der Waals surface area contributed by atoms with Crippen molar-refractivity contribution in [3.05, 3.63) is 58.1 Å². The second kappa shape index (κ2) is 7.27. The molecule has 0 saturated carbocycles. The van der Waals surface area contributed by atoms with E-state index >= 15 is 0 Å². The summed E-state index contributed by atoms with van der Waals surface area (Å²) in [6.45, 7) is 3.64. The lowest BCUT2D eigenvalue weighted by Gasteiger charge is -2.19. The standard InChI is InChI=1S/C20H22ClNO2/c1-13-18(21)8-5-9-19(13)22-20(23)14(2)24-17-11-10-15-6-3-4-7-16(15)12-17/h5,8-12,14H,3-4,6-7H2,1-2H3,(H,22,23). The third-order valence-corrected chi connectivity index (χ3v) is 4.94. The van der Waals surface area contributed by atoms with Crippen LogP contribution in [0, 0.1) is 6.92 Å². The molecule has 1 N–H and O–H groups in total. The first-order valence-electron chi connectivity index (χ1n) is 8.39. The molecule has 1 aliphatic rings. The summed E-state index contributed by atoms with van der Waals surface area (Å²) in [6.07, 6.45) is 4.13. The Labute approximate surface area is 148 Å². The van der Waals surface area contributed by atoms with Crippen molar-refractivity contribution in [1.82, 2.24) is 0 Å². The Morgan fingerprint density at radius 1 is 1.17 bits per heavy atom. The third kappa shape index (κ3) is 3.73. The number of nitrogens with one attached hydrogen (secondary N) is 1. The van der Waals surface area contributed by atoms with E-state index in [0.717, 1.165) is 24.2 Å². The molecule has 2 aromatic rings. The molecule has 1 unspecified atom stereocenters. The van der Waals surface area contributed by atoms with E-state index in [4.69, 9.17) is 16.3 Å². The molecular formula is C20H22ClNO2. The lowest BCUT2D eigenvalue weighted by atomic mass is 9.92. The Bertz CT molecular complexity index is 757. The van der Waals surface area contributed by atoms with Gasteiger partial charge in [0, 0.05) is 10.7 Å². The summed E-state index contributed by atoms with van der Waals surface area (Å²) < 4.78 is 5.84. The molecule has 0 aliphatic heterocycles. The van der Waals surface area contributed by atoms with Gasteiger partial charge in [-0.05, 0) is 80.5 Å². The van der Waals surface area contributed by atoms with Gasteiger partial charge in [0.2, 0.25) is 0 Å². The number of aryl methyl sites for hydroxylation is 2. The van der Waals surface area contributed by atoms with Crippen molar-refractivity contribution in [2.75, 3.05) is 5.32 Å². The molecule has 1 aliphatic carbocycles. The van der Waals surface area contributed by atoms with Crippen LogP contribution in [0.3, 0.4) is 0 Å². The fourth-order valence-corrected chi connectivity index (χ4v) is 3.19. The molecule has 0 radical (unpaired) electrons. The third-order valence-electron chi connectivity index (χ3n) is 4.53. The Balaban J connectivity index is 1.67. The number of carbonyl (C=O) groups is 1. The molecule has 3 rings (SSSR count). The maximum Gasteiger partial charge on any atom is 0.265 e. The van der Waals surface area contributed by atoms with Crippen LogP contribution in [0.1, 0.15) is 36.5 Å². The molecular weight excluding hydrogens is 322 g/mol. The van der Waals surface area contributed by atoms with Crippen LogP contribution in [0.2, 0.25) is 5.02 Å². The zero-order chi connectivity index (χ0) is 17.1. The Hall–Kier alpha value is -2.00. The molecule has 0 saturated heterocycles. The molecule has 0 heterocycles. The summed E-state index contributed by atoms with van der Waals surface area (Å²) in [4.78, 5) is 12.4. The van der Waals surface area contributed by atoms with Crippen molar-refractivity contribution in [3.63, 3.8) is 0 Å². The minimum absolute atomic E-state index is 0.182. The average Bonchev–Trinajstić information content (AvgIpc) is 2.58. The number of anilines is 1. The van der Waals surface area contributed by atoms with E-state index in [-0.39, 0.29) is 5.91 Å². The van der Waals surface area contributed by atoms with Gasteiger partial charge in [-0.15, -0.1) is 0 Å². The maximum atomic E-state index is 12.4. The van der Waals surface area contributed by atoms with E-state index in [9.17, 15) is 4.79 Å². The zero-order valence-electron chi connectivity index (χ0n) is 14.1. The van der Waals surface area contributed by atoms with Crippen LogP contribution < -0.4 is 10.1 Å². The topological polar surface area (TPSA) is 38.3 Å². The van der Waals surface area contributed by atoms with Gasteiger partial charge in [-0.1, -0.05) is 23.7 Å². The first-order chi connectivity index (χ1) is 11.5. The van der Waals surface area contributed by atoms with E-state index in [2.05, 4.69) is 17.4 Å². The van der Waals surface area contributed by atoms with Gasteiger partial charge in [-0.25, -0.2) is 0 Å². The highest BCUT2D eigenvalue weighted by Gasteiger charge is 2.17. The van der Waals surface area contributed by atoms with Crippen LogP contribution in [0.5, 0.6) is 5.75 Å². The average molecular weight is 344 g/mol. The van der Waals surface area contributed by atoms with E-state index in [1.165, 1.54) is 24.0 Å². The number of benzene rings is 2. The number of carbonyl (C=O) groups excluding carboxylic acids is 1. The monoisotopic (exact) mass is 343 g/mol. The van der Waals surface area contributed by atoms with Crippen molar-refractivity contribution in [3.8, 4) is 5.75 Å². The van der Waals surface area contributed by atoms with E-state index < -0.39 is 6.10 Å². The second-order valence-corrected chi connectivity index (χ2v) is 6.71. The molecule has 0 fully saturated rings. The fourth-order valence-electron chi connectivity index (χ4n) is 3.02. The summed E-state index contributed by atoms with van der Waals surface area (Å²) in [5, 5.41) is 3.52. The van der Waals surface area contributed by atoms with Crippen LogP contribution in [-0.4, -0.2) is 12.0 Å². The number of hydrogen-bond acceptors (Lipinski definition) is 2. The number of hydrogen-bond donors (Lipinski definition) is 1. The van der Waals surface area contributed by atoms with Crippen molar-refractivity contribution in [2.45, 2.75) is 45.6 Å². The van der Waals surface area contributed by atoms with Crippen LogP contribution in [-0.2, 0) is 17.6 Å². The van der Waals surface area contributed by atoms with Gasteiger partial charge in [-0.2, -0.15) is 0 Å². The molecule has 0 bridgehead atoms. The number of amides is 1. The van der Waals surface area contributed by atoms with Crippen LogP contribution in [0.15, 0.2) is 36.4 Å². The van der Waals surface area contributed by atoms with Gasteiger partial charge >= 0.3 is 0 Å². The number of fused-ring (bicyclic) bond motifs is 1. The van der Waals surface area contributed by atoms with Gasteiger partial charge in [0.15, 0.2) is 6.10 Å². The second-order valence-electron chi connectivity index (χ2n) is 6.30. The summed E-state index contributed by atoms with van der Waals surface area (Å²) >= 11 is 6.09. The summed E-state index contributed by atoms with van der Waals surface area (Å²) in [7, 11) is 0. The van der Waals surface area contributed by atoms with Gasteiger partial charge < -0.3 is 10.1 Å². The summed E-state index contributed by atoms with van der Waals surface area (Å²) in [5.41, 5.74) is 4.32. The molecule has 2 aromatic carbocycles. The van der Waals surface area contributed by atoms with Gasteiger partial charge in [0.05, 0.1) is 0 Å². The zero-order valence-corrected chi connectivity index (χ0v) is 14.8. The SMILES string of the molecule is Cc1c(Cl)cccc1NC(=O)C(C)Oc1ccc2c(c1)CCCC2. The smallest absolute Gasteiger partial charge is 0.265 e. The number of halogens is 1. The van der Waals surface area contributed by atoms with Crippen molar-refractivity contribution in [2.24, 2.45) is 0 Å². The maximum absolute atomic E-state index is 12.4. The minimum atomic E-state index is -0.579.